The number of nitrogens with one attached hydrogen (secondary N) is 1. The van der Waals surface area contributed by atoms with Crippen molar-refractivity contribution >= 4 is 12.2 Å². The van der Waals surface area contributed by atoms with Crippen LogP contribution in [-0.2, 0) is 9.59 Å². The first kappa shape index (κ1) is 13.4. The van der Waals surface area contributed by atoms with Crippen molar-refractivity contribution in [3.05, 3.63) is 35.9 Å². The first-order valence-electron chi connectivity index (χ1n) is 6.00. The number of carbonyl (C=O) groups excluding carboxylic acids is 2. The van der Waals surface area contributed by atoms with Crippen LogP contribution in [0.1, 0.15) is 44.2 Å². The molecule has 3 heteroatoms. The molecule has 0 saturated heterocycles. The molecule has 0 aliphatic heterocycles. The van der Waals surface area contributed by atoms with Crippen molar-refractivity contribution in [2.75, 3.05) is 0 Å². The highest BCUT2D eigenvalue weighted by atomic mass is 16.2. The lowest BCUT2D eigenvalue weighted by Gasteiger charge is -2.12. The normalized spacial score (nSPS) is 11.8. The van der Waals surface area contributed by atoms with Gasteiger partial charge >= 0.3 is 0 Å². The van der Waals surface area contributed by atoms with E-state index in [0.29, 0.717) is 6.42 Å². The quantitative estimate of drug-likeness (QED) is 0.734. The van der Waals surface area contributed by atoms with Gasteiger partial charge in [0, 0.05) is 6.42 Å². The van der Waals surface area contributed by atoms with E-state index in [1.165, 1.54) is 0 Å². The smallest absolute Gasteiger partial charge is 0.227 e. The molecule has 1 radical (unpaired) electrons. The lowest BCUT2D eigenvalue weighted by atomic mass is 10.1. The molecule has 1 aromatic carbocycles. The topological polar surface area (TPSA) is 46.2 Å². The number of amides is 1. The van der Waals surface area contributed by atoms with E-state index in [4.69, 9.17) is 0 Å². The standard InChI is InChI=1S/C14H18NO2/c1-2-3-5-10-14(17)15-13(11-16)12-8-6-4-7-9-12/h4,6-9,13H,2-3,5,10H2,1H3,(H,15,17). The Labute approximate surface area is 102 Å². The van der Waals surface area contributed by atoms with Crippen LogP contribution in [0.3, 0.4) is 0 Å². The van der Waals surface area contributed by atoms with Gasteiger partial charge in [0.15, 0.2) is 0 Å². The molecule has 1 N–H and O–H groups in total. The van der Waals surface area contributed by atoms with E-state index in [2.05, 4.69) is 12.2 Å². The summed E-state index contributed by atoms with van der Waals surface area (Å²) in [6.07, 6.45) is 5.31. The summed E-state index contributed by atoms with van der Waals surface area (Å²) in [6, 6.07) is 8.51. The van der Waals surface area contributed by atoms with Gasteiger partial charge in [0.1, 0.15) is 6.04 Å². The molecule has 1 atom stereocenters. The third-order valence-corrected chi connectivity index (χ3v) is 2.56. The van der Waals surface area contributed by atoms with Gasteiger partial charge in [0.05, 0.1) is 0 Å². The fourth-order valence-corrected chi connectivity index (χ4v) is 1.60. The molecule has 0 bridgehead atoms. The monoisotopic (exact) mass is 232 g/mol. The average Bonchev–Trinajstić information content (AvgIpc) is 2.37. The maximum absolute atomic E-state index is 11.6. The highest BCUT2D eigenvalue weighted by Crippen LogP contribution is 2.10. The van der Waals surface area contributed by atoms with Gasteiger partial charge in [-0.3, -0.25) is 9.59 Å². The lowest BCUT2D eigenvalue weighted by molar-refractivity contribution is -0.121. The van der Waals surface area contributed by atoms with Gasteiger partial charge in [-0.1, -0.05) is 50.1 Å². The van der Waals surface area contributed by atoms with E-state index < -0.39 is 6.04 Å². The van der Waals surface area contributed by atoms with Crippen molar-refractivity contribution in [1.82, 2.24) is 5.32 Å². The van der Waals surface area contributed by atoms with E-state index in [1.807, 2.05) is 36.6 Å². The first-order valence-corrected chi connectivity index (χ1v) is 6.00. The van der Waals surface area contributed by atoms with E-state index in [-0.39, 0.29) is 5.91 Å². The summed E-state index contributed by atoms with van der Waals surface area (Å²) < 4.78 is 0. The molecule has 1 aromatic rings. The number of benzene rings is 1. The average molecular weight is 232 g/mol. The van der Waals surface area contributed by atoms with Crippen LogP contribution in [0.15, 0.2) is 30.3 Å². The van der Waals surface area contributed by atoms with E-state index in [0.717, 1.165) is 24.8 Å². The Bertz CT molecular complexity index is 348. The van der Waals surface area contributed by atoms with Crippen molar-refractivity contribution in [1.29, 1.82) is 0 Å². The molecule has 0 saturated carbocycles. The van der Waals surface area contributed by atoms with Gasteiger partial charge in [-0.2, -0.15) is 0 Å². The van der Waals surface area contributed by atoms with Gasteiger partial charge in [-0.15, -0.1) is 0 Å². The van der Waals surface area contributed by atoms with Gasteiger partial charge < -0.3 is 5.32 Å². The van der Waals surface area contributed by atoms with Gasteiger partial charge in [-0.05, 0) is 12.0 Å². The fraction of sp³-hybridized carbons (Fsp3) is 0.429. The third-order valence-electron chi connectivity index (χ3n) is 2.56. The Hall–Kier alpha value is -1.64. The zero-order valence-corrected chi connectivity index (χ0v) is 10.1. The number of hydrogen-bond acceptors (Lipinski definition) is 2. The second kappa shape index (κ2) is 7.60. The molecule has 91 valence electrons. The van der Waals surface area contributed by atoms with Crippen LogP contribution in [0.4, 0.5) is 0 Å². The lowest BCUT2D eigenvalue weighted by Crippen LogP contribution is -2.29. The summed E-state index contributed by atoms with van der Waals surface area (Å²) in [6.45, 7) is 2.09. The van der Waals surface area contributed by atoms with Crippen LogP contribution in [0.25, 0.3) is 0 Å². The molecule has 0 aromatic heterocycles. The Morgan fingerprint density at radius 3 is 2.59 bits per heavy atom. The molecule has 0 fully saturated rings. The summed E-state index contributed by atoms with van der Waals surface area (Å²) in [5.74, 6) is -0.0874. The van der Waals surface area contributed by atoms with Crippen LogP contribution in [0, 0.1) is 0 Å². The summed E-state index contributed by atoms with van der Waals surface area (Å²) in [7, 11) is 0. The fourth-order valence-electron chi connectivity index (χ4n) is 1.60. The molecule has 0 aliphatic carbocycles. The molecule has 0 spiro atoms. The Kier molecular flexibility index (Phi) is 6.00. The van der Waals surface area contributed by atoms with Gasteiger partial charge in [0.25, 0.3) is 0 Å². The number of hydrogen-bond donors (Lipinski definition) is 1. The molecular weight excluding hydrogens is 214 g/mol. The summed E-state index contributed by atoms with van der Waals surface area (Å²) in [5, 5.41) is 2.68. The second-order valence-corrected chi connectivity index (χ2v) is 3.99. The largest absolute Gasteiger partial charge is 0.342 e. The maximum Gasteiger partial charge on any atom is 0.227 e. The van der Waals surface area contributed by atoms with Crippen molar-refractivity contribution in [2.45, 2.75) is 38.6 Å². The minimum Gasteiger partial charge on any atom is -0.342 e. The predicted octanol–water partition coefficient (Wildman–Crippen LogP) is 2.53. The van der Waals surface area contributed by atoms with Crippen molar-refractivity contribution in [3.8, 4) is 0 Å². The first-order chi connectivity index (χ1) is 8.27. The molecular formula is C14H18NO2. The Morgan fingerprint density at radius 2 is 2.00 bits per heavy atom. The summed E-state index contributed by atoms with van der Waals surface area (Å²) >= 11 is 0. The van der Waals surface area contributed by atoms with E-state index >= 15 is 0 Å². The van der Waals surface area contributed by atoms with Crippen molar-refractivity contribution < 1.29 is 9.59 Å². The molecule has 3 nitrogen and oxygen atoms in total. The predicted molar refractivity (Wildman–Crippen MR) is 67.2 cm³/mol. The number of unbranched alkanes of at least 4 members (excludes halogenated alkanes) is 2. The van der Waals surface area contributed by atoms with E-state index in [1.54, 1.807) is 0 Å². The van der Waals surface area contributed by atoms with Crippen LogP contribution in [-0.4, -0.2) is 12.2 Å². The zero-order chi connectivity index (χ0) is 12.5. The molecule has 1 unspecified atom stereocenters. The van der Waals surface area contributed by atoms with Crippen molar-refractivity contribution in [3.63, 3.8) is 0 Å². The molecule has 17 heavy (non-hydrogen) atoms. The minimum absolute atomic E-state index is 0.0874. The number of rotatable bonds is 7. The Morgan fingerprint density at radius 1 is 1.29 bits per heavy atom. The van der Waals surface area contributed by atoms with Crippen LogP contribution in [0.5, 0.6) is 0 Å². The van der Waals surface area contributed by atoms with Crippen LogP contribution in [0.2, 0.25) is 0 Å². The summed E-state index contributed by atoms with van der Waals surface area (Å²) in [4.78, 5) is 22.4. The van der Waals surface area contributed by atoms with Gasteiger partial charge in [-0.25, -0.2) is 0 Å². The van der Waals surface area contributed by atoms with Crippen molar-refractivity contribution in [2.24, 2.45) is 0 Å². The van der Waals surface area contributed by atoms with Crippen LogP contribution >= 0.6 is 0 Å². The van der Waals surface area contributed by atoms with Crippen LogP contribution < -0.4 is 5.32 Å². The SMILES string of the molecule is CCCCCC(=O)NC([C]=O)c1ccccc1. The molecule has 1 amide bonds. The zero-order valence-electron chi connectivity index (χ0n) is 10.1. The summed E-state index contributed by atoms with van der Waals surface area (Å²) in [5.41, 5.74) is 0.770. The Balaban J connectivity index is 2.47. The van der Waals surface area contributed by atoms with Gasteiger partial charge in [0.2, 0.25) is 12.2 Å². The highest BCUT2D eigenvalue weighted by molar-refractivity contribution is 5.80. The molecule has 0 heterocycles. The molecule has 0 aliphatic rings. The molecule has 1 rings (SSSR count). The highest BCUT2D eigenvalue weighted by Gasteiger charge is 2.13. The van der Waals surface area contributed by atoms with E-state index in [9.17, 15) is 9.59 Å². The second-order valence-electron chi connectivity index (χ2n) is 3.99. The maximum atomic E-state index is 11.6. The third kappa shape index (κ3) is 4.81. The number of carbonyl (C=O) groups is 1. The minimum atomic E-state index is -0.648.